The highest BCUT2D eigenvalue weighted by Gasteiger charge is 2.05. The summed E-state index contributed by atoms with van der Waals surface area (Å²) < 4.78 is 0. The molecule has 0 aromatic heterocycles. The summed E-state index contributed by atoms with van der Waals surface area (Å²) >= 11 is 0. The molecular formula is C17H11NO. The Kier molecular flexibility index (Phi) is 3.67. The fraction of sp³-hybridized carbons (Fsp3) is 0. The molecule has 0 saturated carbocycles. The number of carbonyl (C=O) groups is 1. The van der Waals surface area contributed by atoms with Gasteiger partial charge in [0.2, 0.25) is 0 Å². The van der Waals surface area contributed by atoms with Crippen LogP contribution in [0.3, 0.4) is 0 Å². The molecule has 2 aromatic rings. The van der Waals surface area contributed by atoms with Crippen molar-refractivity contribution in [2.45, 2.75) is 0 Å². The predicted octanol–water partition coefficient (Wildman–Crippen LogP) is 2.90. The monoisotopic (exact) mass is 245 g/mol. The smallest absolute Gasteiger partial charge is 0.255 e. The number of benzene rings is 2. The molecule has 2 rings (SSSR count). The largest absolute Gasteiger partial charge is 0.322 e. The van der Waals surface area contributed by atoms with E-state index in [0.717, 1.165) is 11.1 Å². The van der Waals surface area contributed by atoms with Crippen LogP contribution in [0.1, 0.15) is 21.5 Å². The van der Waals surface area contributed by atoms with Gasteiger partial charge in [-0.2, -0.15) is 0 Å². The van der Waals surface area contributed by atoms with Crippen LogP contribution >= 0.6 is 0 Å². The molecule has 2 heteroatoms. The first kappa shape index (κ1) is 12.5. The van der Waals surface area contributed by atoms with E-state index < -0.39 is 0 Å². The Morgan fingerprint density at radius 3 is 1.79 bits per heavy atom. The molecule has 0 saturated heterocycles. The second-order valence-corrected chi connectivity index (χ2v) is 3.90. The summed E-state index contributed by atoms with van der Waals surface area (Å²) in [6.45, 7) is 0. The lowest BCUT2D eigenvalue weighted by Gasteiger charge is -2.05. The normalized spacial score (nSPS) is 9.16. The van der Waals surface area contributed by atoms with E-state index >= 15 is 0 Å². The third-order valence-electron chi connectivity index (χ3n) is 2.62. The Bertz CT molecular complexity index is 667. The van der Waals surface area contributed by atoms with Crippen LogP contribution in [0.5, 0.6) is 0 Å². The maximum absolute atomic E-state index is 12.0. The highest BCUT2D eigenvalue weighted by atomic mass is 16.1. The summed E-state index contributed by atoms with van der Waals surface area (Å²) in [5, 5.41) is 2.79. The van der Waals surface area contributed by atoms with Gasteiger partial charge in [0.15, 0.2) is 0 Å². The third kappa shape index (κ3) is 3.03. The van der Waals surface area contributed by atoms with Crippen molar-refractivity contribution in [2.24, 2.45) is 0 Å². The Morgan fingerprint density at radius 2 is 1.32 bits per heavy atom. The van der Waals surface area contributed by atoms with Crippen LogP contribution in [0, 0.1) is 24.7 Å². The Labute approximate surface area is 112 Å². The molecule has 0 aliphatic rings. The number of anilines is 1. The van der Waals surface area contributed by atoms with Gasteiger partial charge in [0.05, 0.1) is 0 Å². The van der Waals surface area contributed by atoms with Crippen molar-refractivity contribution in [3.63, 3.8) is 0 Å². The number of amides is 1. The number of hydrogen-bond acceptors (Lipinski definition) is 1. The molecule has 90 valence electrons. The lowest BCUT2D eigenvalue weighted by molar-refractivity contribution is 0.102. The Balaban J connectivity index is 2.11. The number of hydrogen-bond donors (Lipinski definition) is 1. The first-order valence-corrected chi connectivity index (χ1v) is 5.67. The minimum Gasteiger partial charge on any atom is -0.322 e. The van der Waals surface area contributed by atoms with Crippen molar-refractivity contribution in [2.75, 3.05) is 5.32 Å². The van der Waals surface area contributed by atoms with E-state index in [9.17, 15) is 4.79 Å². The molecule has 2 aromatic carbocycles. The lowest BCUT2D eigenvalue weighted by Crippen LogP contribution is -2.11. The number of terminal acetylenes is 2. The molecule has 0 atom stereocenters. The fourth-order valence-electron chi connectivity index (χ4n) is 1.57. The number of carbonyl (C=O) groups excluding carboxylic acids is 1. The first-order valence-electron chi connectivity index (χ1n) is 5.67. The zero-order chi connectivity index (χ0) is 13.7. The third-order valence-corrected chi connectivity index (χ3v) is 2.62. The lowest BCUT2D eigenvalue weighted by atomic mass is 10.1. The van der Waals surface area contributed by atoms with Gasteiger partial charge in [0.1, 0.15) is 0 Å². The Hall–Kier alpha value is -2.97. The zero-order valence-corrected chi connectivity index (χ0v) is 10.2. The Morgan fingerprint density at radius 1 is 0.842 bits per heavy atom. The van der Waals surface area contributed by atoms with E-state index in [0.29, 0.717) is 11.3 Å². The maximum atomic E-state index is 12.0. The van der Waals surface area contributed by atoms with Crippen LogP contribution in [-0.2, 0) is 0 Å². The van der Waals surface area contributed by atoms with Gasteiger partial charge in [0, 0.05) is 22.4 Å². The highest BCUT2D eigenvalue weighted by molar-refractivity contribution is 6.04. The quantitative estimate of drug-likeness (QED) is 0.810. The van der Waals surface area contributed by atoms with E-state index in [1.807, 2.05) is 0 Å². The fourth-order valence-corrected chi connectivity index (χ4v) is 1.57. The minimum atomic E-state index is -0.183. The van der Waals surface area contributed by atoms with Gasteiger partial charge < -0.3 is 5.32 Å². The van der Waals surface area contributed by atoms with Crippen molar-refractivity contribution in [1.29, 1.82) is 0 Å². The minimum absolute atomic E-state index is 0.183. The summed E-state index contributed by atoms with van der Waals surface area (Å²) in [6, 6.07) is 13.9. The van der Waals surface area contributed by atoms with E-state index in [-0.39, 0.29) is 5.91 Å². The summed E-state index contributed by atoms with van der Waals surface area (Å²) in [5.41, 5.74) is 2.77. The average Bonchev–Trinajstić information content (AvgIpc) is 2.48. The van der Waals surface area contributed by atoms with Crippen molar-refractivity contribution >= 4 is 11.6 Å². The number of rotatable bonds is 2. The topological polar surface area (TPSA) is 29.1 Å². The summed E-state index contributed by atoms with van der Waals surface area (Å²) in [4.78, 5) is 12.0. The van der Waals surface area contributed by atoms with Crippen LogP contribution in [0.4, 0.5) is 5.69 Å². The van der Waals surface area contributed by atoms with Gasteiger partial charge in [-0.05, 0) is 48.5 Å². The molecule has 0 unspecified atom stereocenters. The van der Waals surface area contributed by atoms with Crippen LogP contribution in [0.25, 0.3) is 0 Å². The molecule has 0 aliphatic heterocycles. The molecule has 0 fully saturated rings. The second kappa shape index (κ2) is 5.58. The molecule has 0 radical (unpaired) electrons. The summed E-state index contributed by atoms with van der Waals surface area (Å²) in [7, 11) is 0. The van der Waals surface area contributed by atoms with E-state index in [4.69, 9.17) is 12.8 Å². The summed E-state index contributed by atoms with van der Waals surface area (Å²) in [6.07, 6.45) is 10.5. The molecule has 1 amide bonds. The van der Waals surface area contributed by atoms with E-state index in [1.54, 1.807) is 48.5 Å². The average molecular weight is 245 g/mol. The molecule has 0 bridgehead atoms. The van der Waals surface area contributed by atoms with Crippen molar-refractivity contribution in [1.82, 2.24) is 0 Å². The SMILES string of the molecule is C#Cc1ccc(NC(=O)c2ccc(C#C)cc2)cc1. The van der Waals surface area contributed by atoms with Gasteiger partial charge in [0.25, 0.3) is 5.91 Å². The molecule has 2 nitrogen and oxygen atoms in total. The van der Waals surface area contributed by atoms with Crippen molar-refractivity contribution in [3.05, 3.63) is 65.2 Å². The van der Waals surface area contributed by atoms with Crippen LogP contribution in [0.2, 0.25) is 0 Å². The van der Waals surface area contributed by atoms with Crippen molar-refractivity contribution in [3.8, 4) is 24.7 Å². The van der Waals surface area contributed by atoms with E-state index in [1.165, 1.54) is 0 Å². The van der Waals surface area contributed by atoms with E-state index in [2.05, 4.69) is 17.2 Å². The molecule has 1 N–H and O–H groups in total. The standard InChI is InChI=1S/C17H11NO/c1-3-13-5-9-15(10-6-13)17(19)18-16-11-7-14(4-2)8-12-16/h1-2,5-12H,(H,18,19). The van der Waals surface area contributed by atoms with Crippen LogP contribution in [-0.4, -0.2) is 5.91 Å². The molecule has 0 spiro atoms. The molecule has 0 heterocycles. The first-order chi connectivity index (χ1) is 9.22. The van der Waals surface area contributed by atoms with Gasteiger partial charge in [-0.1, -0.05) is 11.8 Å². The number of nitrogens with one attached hydrogen (secondary N) is 1. The van der Waals surface area contributed by atoms with Gasteiger partial charge >= 0.3 is 0 Å². The predicted molar refractivity (Wildman–Crippen MR) is 76.7 cm³/mol. The van der Waals surface area contributed by atoms with Gasteiger partial charge in [-0.15, -0.1) is 12.8 Å². The van der Waals surface area contributed by atoms with Gasteiger partial charge in [-0.25, -0.2) is 0 Å². The van der Waals surface area contributed by atoms with Crippen molar-refractivity contribution < 1.29 is 4.79 Å². The van der Waals surface area contributed by atoms with Gasteiger partial charge in [-0.3, -0.25) is 4.79 Å². The van der Waals surface area contributed by atoms with Crippen LogP contribution < -0.4 is 5.32 Å². The molecular weight excluding hydrogens is 234 g/mol. The zero-order valence-electron chi connectivity index (χ0n) is 10.2. The second-order valence-electron chi connectivity index (χ2n) is 3.90. The molecule has 19 heavy (non-hydrogen) atoms. The summed E-state index contributed by atoms with van der Waals surface area (Å²) in [5.74, 6) is 4.84. The highest BCUT2D eigenvalue weighted by Crippen LogP contribution is 2.11. The maximum Gasteiger partial charge on any atom is 0.255 e. The van der Waals surface area contributed by atoms with Crippen LogP contribution in [0.15, 0.2) is 48.5 Å². The molecule has 0 aliphatic carbocycles.